The van der Waals surface area contributed by atoms with Crippen molar-refractivity contribution in [2.24, 2.45) is 0 Å². The van der Waals surface area contributed by atoms with Crippen LogP contribution in [0.4, 0.5) is 0 Å². The maximum absolute atomic E-state index is 13.3. The van der Waals surface area contributed by atoms with Crippen LogP contribution in [0.5, 0.6) is 5.75 Å². The lowest BCUT2D eigenvalue weighted by Gasteiger charge is -2.15. The molecule has 0 saturated carbocycles. The van der Waals surface area contributed by atoms with Crippen molar-refractivity contribution in [2.45, 2.75) is 12.8 Å². The Hall–Kier alpha value is -3.51. The number of aromatic amines is 2. The standard InChI is InChI=1S/C26H26N4O2/c1-32-16-8-9-22-19(14-16)23-24-18(17-6-2-3-7-21(17)28-24)15-20(25(23)29-22)26(31)27-10-13-30-11-4-5-12-30/h2-3,6-9,14-15,28-29H,4-5,10-13H2,1H3,(H,27,31). The molecule has 0 unspecified atom stereocenters. The summed E-state index contributed by atoms with van der Waals surface area (Å²) in [6, 6.07) is 16.2. The molecular weight excluding hydrogens is 400 g/mol. The van der Waals surface area contributed by atoms with Crippen LogP contribution in [0.25, 0.3) is 43.6 Å². The van der Waals surface area contributed by atoms with Gasteiger partial charge in [0.05, 0.1) is 23.7 Å². The van der Waals surface area contributed by atoms with Gasteiger partial charge < -0.3 is 24.9 Å². The lowest BCUT2D eigenvalue weighted by molar-refractivity contribution is 0.0951. The Morgan fingerprint density at radius 3 is 2.59 bits per heavy atom. The molecule has 0 atom stereocenters. The van der Waals surface area contributed by atoms with E-state index < -0.39 is 0 Å². The molecule has 3 aromatic carbocycles. The molecule has 0 radical (unpaired) electrons. The molecule has 1 aliphatic heterocycles. The van der Waals surface area contributed by atoms with Gasteiger partial charge in [0.25, 0.3) is 5.91 Å². The van der Waals surface area contributed by atoms with E-state index in [4.69, 9.17) is 4.74 Å². The van der Waals surface area contributed by atoms with E-state index in [1.807, 2.05) is 36.4 Å². The molecule has 6 rings (SSSR count). The molecule has 1 aliphatic rings. The number of para-hydroxylation sites is 1. The first-order valence-electron chi connectivity index (χ1n) is 11.3. The van der Waals surface area contributed by atoms with Gasteiger partial charge in [0.2, 0.25) is 0 Å². The van der Waals surface area contributed by atoms with Gasteiger partial charge in [0, 0.05) is 45.7 Å². The maximum Gasteiger partial charge on any atom is 0.253 e. The number of ether oxygens (including phenoxy) is 1. The average molecular weight is 427 g/mol. The number of hydrogen-bond acceptors (Lipinski definition) is 3. The van der Waals surface area contributed by atoms with Crippen molar-refractivity contribution in [3.8, 4) is 5.75 Å². The Morgan fingerprint density at radius 1 is 0.969 bits per heavy atom. The first kappa shape index (κ1) is 19.2. The number of methoxy groups -OCH3 is 1. The van der Waals surface area contributed by atoms with Gasteiger partial charge in [-0.3, -0.25) is 4.79 Å². The summed E-state index contributed by atoms with van der Waals surface area (Å²) in [4.78, 5) is 22.8. The highest BCUT2D eigenvalue weighted by atomic mass is 16.5. The molecule has 6 heteroatoms. The lowest BCUT2D eigenvalue weighted by atomic mass is 10.0. The number of aromatic nitrogens is 2. The van der Waals surface area contributed by atoms with Gasteiger partial charge in [-0.05, 0) is 56.3 Å². The predicted molar refractivity (Wildman–Crippen MR) is 130 cm³/mol. The van der Waals surface area contributed by atoms with Crippen LogP contribution >= 0.6 is 0 Å². The van der Waals surface area contributed by atoms with Gasteiger partial charge in [-0.15, -0.1) is 0 Å². The van der Waals surface area contributed by atoms with Crippen molar-refractivity contribution in [2.75, 3.05) is 33.3 Å². The average Bonchev–Trinajstić information content (AvgIpc) is 3.54. The number of fused-ring (bicyclic) bond motifs is 7. The zero-order valence-electron chi connectivity index (χ0n) is 18.1. The second-order valence-corrected chi connectivity index (χ2v) is 8.61. The van der Waals surface area contributed by atoms with Crippen LogP contribution in [0.3, 0.4) is 0 Å². The molecule has 5 aromatic rings. The lowest BCUT2D eigenvalue weighted by Crippen LogP contribution is -2.33. The quantitative estimate of drug-likeness (QED) is 0.378. The first-order chi connectivity index (χ1) is 15.7. The SMILES string of the molecule is COc1ccc2[nH]c3c(C(=O)NCCN4CCCC4)cc4c5ccccc5[nH]c4c3c2c1. The predicted octanol–water partition coefficient (Wildman–Crippen LogP) is 4.79. The minimum absolute atomic E-state index is 0.0418. The number of amides is 1. The molecule has 3 heterocycles. The van der Waals surface area contributed by atoms with E-state index in [-0.39, 0.29) is 5.91 Å². The van der Waals surface area contributed by atoms with Crippen molar-refractivity contribution in [3.05, 3.63) is 54.1 Å². The highest BCUT2D eigenvalue weighted by Crippen LogP contribution is 2.38. The number of hydrogen-bond donors (Lipinski definition) is 3. The van der Waals surface area contributed by atoms with Crippen LogP contribution in [0.15, 0.2) is 48.5 Å². The van der Waals surface area contributed by atoms with Crippen molar-refractivity contribution in [1.82, 2.24) is 20.2 Å². The third kappa shape index (κ3) is 3.02. The van der Waals surface area contributed by atoms with E-state index in [9.17, 15) is 4.79 Å². The van der Waals surface area contributed by atoms with Crippen LogP contribution in [-0.2, 0) is 0 Å². The van der Waals surface area contributed by atoms with Gasteiger partial charge in [-0.2, -0.15) is 0 Å². The van der Waals surface area contributed by atoms with E-state index in [1.54, 1.807) is 7.11 Å². The molecule has 32 heavy (non-hydrogen) atoms. The minimum atomic E-state index is -0.0418. The molecule has 0 aliphatic carbocycles. The van der Waals surface area contributed by atoms with E-state index in [2.05, 4.69) is 32.3 Å². The summed E-state index contributed by atoms with van der Waals surface area (Å²) in [5.41, 5.74) is 4.61. The fraction of sp³-hybridized carbons (Fsp3) is 0.269. The number of benzene rings is 3. The van der Waals surface area contributed by atoms with Gasteiger partial charge in [0.15, 0.2) is 0 Å². The number of rotatable bonds is 5. The Morgan fingerprint density at radius 2 is 1.75 bits per heavy atom. The summed E-state index contributed by atoms with van der Waals surface area (Å²) < 4.78 is 5.48. The molecule has 162 valence electrons. The summed E-state index contributed by atoms with van der Waals surface area (Å²) >= 11 is 0. The zero-order valence-corrected chi connectivity index (χ0v) is 18.1. The molecular formula is C26H26N4O2. The third-order valence-corrected chi connectivity index (χ3v) is 6.72. The number of carbonyl (C=O) groups excluding carboxylic acids is 1. The highest BCUT2D eigenvalue weighted by Gasteiger charge is 2.20. The topological polar surface area (TPSA) is 73.2 Å². The summed E-state index contributed by atoms with van der Waals surface area (Å²) in [6.45, 7) is 3.81. The molecule has 1 saturated heterocycles. The fourth-order valence-corrected chi connectivity index (χ4v) is 5.10. The molecule has 2 aromatic heterocycles. The molecule has 0 bridgehead atoms. The van der Waals surface area contributed by atoms with Crippen LogP contribution < -0.4 is 10.1 Å². The maximum atomic E-state index is 13.3. The second-order valence-electron chi connectivity index (χ2n) is 8.61. The van der Waals surface area contributed by atoms with E-state index >= 15 is 0 Å². The Kier molecular flexibility index (Phi) is 4.54. The number of H-pyrrole nitrogens is 2. The zero-order chi connectivity index (χ0) is 21.7. The van der Waals surface area contributed by atoms with E-state index in [0.717, 1.165) is 69.0 Å². The minimum Gasteiger partial charge on any atom is -0.497 e. The largest absolute Gasteiger partial charge is 0.497 e. The second kappa shape index (κ2) is 7.57. The van der Waals surface area contributed by atoms with Gasteiger partial charge in [-0.1, -0.05) is 18.2 Å². The van der Waals surface area contributed by atoms with Crippen molar-refractivity contribution in [1.29, 1.82) is 0 Å². The summed E-state index contributed by atoms with van der Waals surface area (Å²) in [5.74, 6) is 0.753. The molecule has 0 spiro atoms. The highest BCUT2D eigenvalue weighted by molar-refractivity contribution is 6.28. The third-order valence-electron chi connectivity index (χ3n) is 6.72. The summed E-state index contributed by atoms with van der Waals surface area (Å²) in [5, 5.41) is 7.40. The van der Waals surface area contributed by atoms with Crippen LogP contribution in [-0.4, -0.2) is 54.1 Å². The first-order valence-corrected chi connectivity index (χ1v) is 11.3. The number of nitrogens with one attached hydrogen (secondary N) is 3. The van der Waals surface area contributed by atoms with Gasteiger partial charge in [0.1, 0.15) is 5.75 Å². The van der Waals surface area contributed by atoms with Gasteiger partial charge in [-0.25, -0.2) is 0 Å². The Bertz CT molecular complexity index is 1470. The van der Waals surface area contributed by atoms with E-state index in [1.165, 1.54) is 12.8 Å². The fourth-order valence-electron chi connectivity index (χ4n) is 5.10. The Labute approximate surface area is 185 Å². The number of carbonyl (C=O) groups is 1. The molecule has 1 amide bonds. The van der Waals surface area contributed by atoms with Crippen LogP contribution in [0, 0.1) is 0 Å². The molecule has 6 nitrogen and oxygen atoms in total. The summed E-state index contributed by atoms with van der Waals surface area (Å²) in [6.07, 6.45) is 2.51. The molecule has 3 N–H and O–H groups in total. The smallest absolute Gasteiger partial charge is 0.253 e. The van der Waals surface area contributed by atoms with E-state index in [0.29, 0.717) is 12.1 Å². The monoisotopic (exact) mass is 426 g/mol. The van der Waals surface area contributed by atoms with Crippen molar-refractivity contribution >= 4 is 49.5 Å². The number of likely N-dealkylation sites (tertiary alicyclic amines) is 1. The number of nitrogens with zero attached hydrogens (tertiary/aromatic N) is 1. The van der Waals surface area contributed by atoms with Crippen molar-refractivity contribution < 1.29 is 9.53 Å². The normalized spacial score (nSPS) is 14.8. The Balaban J connectivity index is 1.53. The molecule has 1 fully saturated rings. The van der Waals surface area contributed by atoms with Crippen LogP contribution in [0.2, 0.25) is 0 Å². The van der Waals surface area contributed by atoms with Crippen molar-refractivity contribution in [3.63, 3.8) is 0 Å². The summed E-state index contributed by atoms with van der Waals surface area (Å²) in [7, 11) is 1.67. The van der Waals surface area contributed by atoms with Gasteiger partial charge >= 0.3 is 0 Å². The van der Waals surface area contributed by atoms with Crippen LogP contribution in [0.1, 0.15) is 23.2 Å².